The van der Waals surface area contributed by atoms with E-state index in [0.29, 0.717) is 0 Å². The quantitative estimate of drug-likeness (QED) is 0.327. The van der Waals surface area contributed by atoms with Crippen molar-refractivity contribution in [1.82, 2.24) is 0 Å². The first-order valence-electron chi connectivity index (χ1n) is 1.33. The monoisotopic (exact) mass is 258 g/mol. The number of hydrogen-bond acceptors (Lipinski definition) is 5. The first-order valence-corrected chi connectivity index (χ1v) is 4.70. The van der Waals surface area contributed by atoms with Gasteiger partial charge in [0.1, 0.15) is 0 Å². The van der Waals surface area contributed by atoms with Crippen molar-refractivity contribution in [2.24, 2.45) is 0 Å². The van der Waals surface area contributed by atoms with Gasteiger partial charge in [0.15, 0.2) is 0 Å². The Morgan fingerprint density at radius 2 is 1.00 bits per heavy atom. The van der Waals surface area contributed by atoms with Gasteiger partial charge in [-0.1, -0.05) is 0 Å². The van der Waals surface area contributed by atoms with Crippen molar-refractivity contribution in [1.29, 1.82) is 0 Å². The Bertz CT molecular complexity index is 289. The first kappa shape index (κ1) is 18.2. The maximum absolute atomic E-state index is 8.74. The van der Waals surface area contributed by atoms with Gasteiger partial charge in [0.05, 0.1) is 0 Å². The van der Waals surface area contributed by atoms with Gasteiger partial charge < -0.3 is 0 Å². The van der Waals surface area contributed by atoms with Gasteiger partial charge in [-0.3, -0.25) is 9.11 Å². The topological polar surface area (TPSA) is 146 Å². The van der Waals surface area contributed by atoms with Crippen LogP contribution in [-0.2, 0) is 34.9 Å². The first-order chi connectivity index (χ1) is 4.00. The molecule has 0 amide bonds. The van der Waals surface area contributed by atoms with Gasteiger partial charge in [-0.05, 0) is 0 Å². The third-order valence-corrected chi connectivity index (χ3v) is 0. The van der Waals surface area contributed by atoms with E-state index in [9.17, 15) is 0 Å². The Balaban J connectivity index is -0.000000107. The summed E-state index contributed by atoms with van der Waals surface area (Å²) in [7, 11) is -4.67. The van der Waals surface area contributed by atoms with E-state index < -0.39 is 23.4 Å². The maximum atomic E-state index is 8.74. The normalized spacial score (nSPS) is 10.5. The zero-order valence-corrected chi connectivity index (χ0v) is 6.17. The number of rotatable bonds is 0. The average molecular weight is 258 g/mol. The molecule has 66 valence electrons. The molecule has 0 unspecified atom stereocenters. The fourth-order valence-corrected chi connectivity index (χ4v) is 0. The molecule has 0 aromatic carbocycles. The van der Waals surface area contributed by atoms with Gasteiger partial charge in [-0.15, -0.1) is 0 Å². The van der Waals surface area contributed by atoms with E-state index in [2.05, 4.69) is 0 Å². The molecule has 0 aliphatic carbocycles. The van der Waals surface area contributed by atoms with E-state index in [0.717, 1.165) is 0 Å². The molecule has 11 heteroatoms. The van der Waals surface area contributed by atoms with Crippen molar-refractivity contribution in [3.05, 3.63) is 0 Å². The van der Waals surface area contributed by atoms with Gasteiger partial charge in [-0.2, -0.15) is 8.42 Å². The van der Waals surface area contributed by atoms with Crippen molar-refractivity contribution in [2.75, 3.05) is 0 Å². The summed E-state index contributed by atoms with van der Waals surface area (Å²) in [4.78, 5) is 0. The van der Waals surface area contributed by atoms with Gasteiger partial charge in [-0.25, -0.2) is 0 Å². The van der Waals surface area contributed by atoms with E-state index >= 15 is 0 Å². The van der Waals surface area contributed by atoms with Gasteiger partial charge in [0, 0.05) is 0 Å². The molecule has 0 aliphatic heterocycles. The van der Waals surface area contributed by atoms with Crippen LogP contribution in [0.3, 0.4) is 0 Å². The predicted octanol–water partition coefficient (Wildman–Crippen LogP) is -2.22. The summed E-state index contributed by atoms with van der Waals surface area (Å²) in [6, 6.07) is 0. The molecule has 0 spiro atoms. The van der Waals surface area contributed by atoms with Crippen molar-refractivity contribution in [2.45, 2.75) is 0 Å². The molecule has 0 aromatic heterocycles. The summed E-state index contributed by atoms with van der Waals surface area (Å²) in [5.41, 5.74) is 0. The van der Waals surface area contributed by atoms with Crippen LogP contribution in [0.1, 0.15) is 0 Å². The zero-order valence-electron chi connectivity index (χ0n) is 4.17. The van der Waals surface area contributed by atoms with Gasteiger partial charge in [0.2, 0.25) is 0 Å². The van der Waals surface area contributed by atoms with Crippen LogP contribution < -0.4 is 0 Å². The predicted molar refractivity (Wildman–Crippen MR) is 25.6 cm³/mol. The van der Waals surface area contributed by atoms with Gasteiger partial charge >= 0.3 is 90.4 Å². The Morgan fingerprint density at radius 3 is 1.00 bits per heavy atom. The standard InChI is InChI=1S/K.Mn.H2O4S.H2O.3O.H/c;;1-5(2,3)4;;;;;/h;;(H2,1,2,3,4);1H2;;;;/q;+1;;;;;;/p-1. The summed E-state index contributed by atoms with van der Waals surface area (Å²) < 4.78 is 64.6. The fourth-order valence-electron chi connectivity index (χ4n) is 0. The van der Waals surface area contributed by atoms with Crippen LogP contribution in [0, 0.1) is 0 Å². The molecule has 0 rings (SSSR count). The molecule has 0 aromatic rings. The third kappa shape index (κ3) is 522. The Hall–Kier alpha value is 1.39. The van der Waals surface area contributed by atoms with Crippen LogP contribution in [0.25, 0.3) is 0 Å². The van der Waals surface area contributed by atoms with Crippen molar-refractivity contribution >= 4 is 61.8 Å². The van der Waals surface area contributed by atoms with E-state index in [1.54, 1.807) is 0 Å². The molecule has 0 radical (unpaired) electrons. The number of hydrogen-bond donors (Lipinski definition) is 3. The van der Waals surface area contributed by atoms with Crippen LogP contribution >= 0.6 is 0 Å². The van der Waals surface area contributed by atoms with Crippen LogP contribution in [0.4, 0.5) is 0 Å². The average Bonchev–Trinajstić information content (AvgIpc) is 1.12. The molecule has 0 fully saturated rings. The van der Waals surface area contributed by atoms with Crippen LogP contribution in [-0.4, -0.2) is 73.1 Å². The molecule has 3 N–H and O–H groups in total. The summed E-state index contributed by atoms with van der Waals surface area (Å²) in [5.74, 6) is 0. The molecule has 11 heavy (non-hydrogen) atoms. The summed E-state index contributed by atoms with van der Waals surface area (Å²) in [6.07, 6.45) is 0. The summed E-state index contributed by atoms with van der Waals surface area (Å²) in [5, 5.41) is 0. The summed E-state index contributed by atoms with van der Waals surface area (Å²) in [6.45, 7) is 0. The zero-order chi connectivity index (χ0) is 9.00. The molecule has 0 bridgehead atoms. The third-order valence-electron chi connectivity index (χ3n) is 0. The van der Waals surface area contributed by atoms with E-state index in [1.807, 2.05) is 0 Å². The second-order valence-corrected chi connectivity index (χ2v) is 2.98. The molecule has 8 nitrogen and oxygen atoms in total. The minimum atomic E-state index is -5.38. The second kappa shape index (κ2) is 6.85. The Labute approximate surface area is 106 Å². The van der Waals surface area contributed by atoms with E-state index in [-0.39, 0.29) is 51.4 Å². The van der Waals surface area contributed by atoms with Crippen molar-refractivity contribution < 1.29 is 46.2 Å². The molecule has 0 saturated carbocycles. The molecular formula is H4KMnO8S. The summed E-state index contributed by atoms with van der Waals surface area (Å²) >= 11 is -5.38. The molecule has 0 aliphatic rings. The second-order valence-electron chi connectivity index (χ2n) is 0.844. The Morgan fingerprint density at radius 1 is 1.00 bits per heavy atom. The van der Waals surface area contributed by atoms with Crippen LogP contribution in [0.2, 0.25) is 0 Å². The van der Waals surface area contributed by atoms with Gasteiger partial charge in [0.25, 0.3) is 0 Å². The SMILES string of the molecule is O=S(=O)(O)O.[KH].[O]=[Mn](=[O])(=[O])[OH]. The minimum absolute atomic E-state index is 0. The van der Waals surface area contributed by atoms with E-state index in [4.69, 9.17) is 33.2 Å². The Kier molecular flexibility index (Phi) is 11.4. The molecule has 0 atom stereocenters. The fraction of sp³-hybridized carbons (Fsp3) is 0. The molecule has 0 saturated heterocycles. The molecule has 0 heterocycles. The molecular weight excluding hydrogens is 254 g/mol. The van der Waals surface area contributed by atoms with Crippen LogP contribution in [0.5, 0.6) is 0 Å². The van der Waals surface area contributed by atoms with Crippen molar-refractivity contribution in [3.8, 4) is 0 Å². The van der Waals surface area contributed by atoms with Crippen molar-refractivity contribution in [3.63, 3.8) is 0 Å². The van der Waals surface area contributed by atoms with E-state index in [1.165, 1.54) is 0 Å². The van der Waals surface area contributed by atoms with Crippen LogP contribution in [0.15, 0.2) is 0 Å².